The molecule has 1 aromatic carbocycles. The van der Waals surface area contributed by atoms with Gasteiger partial charge >= 0.3 is 0 Å². The fraction of sp³-hybridized carbons (Fsp3) is 0.0714. The van der Waals surface area contributed by atoms with Gasteiger partial charge in [0.05, 0.1) is 16.0 Å². The molecule has 0 saturated carbocycles. The van der Waals surface area contributed by atoms with Crippen LogP contribution in [0, 0.1) is 4.77 Å². The van der Waals surface area contributed by atoms with Gasteiger partial charge in [-0.05, 0) is 45.8 Å². The number of nitrogens with zero attached hydrogens (tertiary/aromatic N) is 1. The summed E-state index contributed by atoms with van der Waals surface area (Å²) in [7, 11) is 0. The van der Waals surface area contributed by atoms with Crippen molar-refractivity contribution in [2.24, 2.45) is 0 Å². The first-order valence-electron chi connectivity index (χ1n) is 5.82. The van der Waals surface area contributed by atoms with Crippen molar-refractivity contribution in [3.05, 3.63) is 62.1 Å². The van der Waals surface area contributed by atoms with Crippen LogP contribution < -0.4 is 0 Å². The molecule has 0 atom stereocenters. The predicted octanol–water partition coefficient (Wildman–Crippen LogP) is 5.08. The fourth-order valence-electron chi connectivity index (χ4n) is 1.99. The molecule has 0 radical (unpaired) electrons. The summed E-state index contributed by atoms with van der Waals surface area (Å²) in [6.07, 6.45) is 1.97. The summed E-state index contributed by atoms with van der Waals surface area (Å²) in [6, 6.07) is 14.5. The van der Waals surface area contributed by atoms with Crippen molar-refractivity contribution in [1.82, 2.24) is 9.55 Å². The number of rotatable bonds is 3. The Hall–Kier alpha value is -1.17. The smallest absolute Gasteiger partial charge is 0.177 e. The fourth-order valence-corrected chi connectivity index (χ4v) is 3.69. The first-order chi connectivity index (χ1) is 9.24. The van der Waals surface area contributed by atoms with Gasteiger partial charge in [-0.2, -0.15) is 0 Å². The van der Waals surface area contributed by atoms with Crippen molar-refractivity contribution in [1.29, 1.82) is 0 Å². The van der Waals surface area contributed by atoms with Gasteiger partial charge in [-0.15, -0.1) is 11.3 Å². The normalized spacial score (nSPS) is 10.8. The van der Waals surface area contributed by atoms with E-state index in [1.807, 2.05) is 24.4 Å². The molecule has 0 amide bonds. The van der Waals surface area contributed by atoms with Gasteiger partial charge < -0.3 is 9.55 Å². The maximum absolute atomic E-state index is 5.38. The second-order valence-corrected chi connectivity index (χ2v) is 7.07. The van der Waals surface area contributed by atoms with Crippen LogP contribution >= 0.6 is 39.5 Å². The third-order valence-corrected chi connectivity index (χ3v) is 4.83. The van der Waals surface area contributed by atoms with E-state index < -0.39 is 0 Å². The Labute approximate surface area is 128 Å². The first kappa shape index (κ1) is 12.8. The minimum Gasteiger partial charge on any atom is -0.337 e. The molecule has 1 N–H and O–H groups in total. The lowest BCUT2D eigenvalue weighted by Gasteiger charge is -2.07. The van der Waals surface area contributed by atoms with Gasteiger partial charge in [0.15, 0.2) is 4.77 Å². The number of H-pyrrole nitrogens is 1. The van der Waals surface area contributed by atoms with Gasteiger partial charge in [-0.3, -0.25) is 0 Å². The number of aromatic amines is 1. The summed E-state index contributed by atoms with van der Waals surface area (Å²) in [5, 5.41) is 0. The second-order valence-electron chi connectivity index (χ2n) is 4.14. The molecule has 5 heteroatoms. The molecule has 0 saturated heterocycles. The molecule has 96 valence electrons. The lowest BCUT2D eigenvalue weighted by Crippen LogP contribution is -2.00. The monoisotopic (exact) mass is 350 g/mol. The topological polar surface area (TPSA) is 20.7 Å². The van der Waals surface area contributed by atoms with E-state index in [4.69, 9.17) is 12.2 Å². The zero-order valence-electron chi connectivity index (χ0n) is 9.97. The third-order valence-electron chi connectivity index (χ3n) is 2.88. The molecule has 0 aliphatic rings. The van der Waals surface area contributed by atoms with Gasteiger partial charge in [0.25, 0.3) is 0 Å². The zero-order chi connectivity index (χ0) is 13.2. The number of nitrogens with one attached hydrogen (secondary N) is 1. The maximum Gasteiger partial charge on any atom is 0.177 e. The molecule has 0 bridgehead atoms. The van der Waals surface area contributed by atoms with Crippen molar-refractivity contribution in [3.63, 3.8) is 0 Å². The number of hydrogen-bond donors (Lipinski definition) is 1. The highest BCUT2D eigenvalue weighted by Gasteiger charge is 2.08. The minimum atomic E-state index is 0.753. The van der Waals surface area contributed by atoms with Crippen LogP contribution in [0.25, 0.3) is 11.3 Å². The Bertz CT molecular complexity index is 740. The van der Waals surface area contributed by atoms with E-state index in [9.17, 15) is 0 Å². The molecule has 3 rings (SSSR count). The van der Waals surface area contributed by atoms with Gasteiger partial charge in [0.2, 0.25) is 0 Å². The van der Waals surface area contributed by atoms with Crippen LogP contribution in [0.4, 0.5) is 0 Å². The maximum atomic E-state index is 5.38. The molecule has 2 nitrogen and oxygen atoms in total. The van der Waals surface area contributed by atoms with Crippen molar-refractivity contribution < 1.29 is 0 Å². The number of halogens is 1. The predicted molar refractivity (Wildman–Crippen MR) is 86.2 cm³/mol. The summed E-state index contributed by atoms with van der Waals surface area (Å²) >= 11 is 10.6. The van der Waals surface area contributed by atoms with Gasteiger partial charge in [0, 0.05) is 11.1 Å². The van der Waals surface area contributed by atoms with Crippen LogP contribution in [0.5, 0.6) is 0 Å². The molecule has 19 heavy (non-hydrogen) atoms. The zero-order valence-corrected chi connectivity index (χ0v) is 13.2. The Balaban J connectivity index is 2.02. The summed E-state index contributed by atoms with van der Waals surface area (Å²) in [5.41, 5.74) is 2.29. The lowest BCUT2D eigenvalue weighted by molar-refractivity contribution is 0.803. The van der Waals surface area contributed by atoms with Crippen molar-refractivity contribution in [3.8, 4) is 11.3 Å². The third kappa shape index (κ3) is 2.73. The minimum absolute atomic E-state index is 0.753. The number of benzene rings is 1. The van der Waals surface area contributed by atoms with E-state index in [-0.39, 0.29) is 0 Å². The van der Waals surface area contributed by atoms with E-state index in [0.717, 1.165) is 20.8 Å². The van der Waals surface area contributed by atoms with E-state index in [1.54, 1.807) is 11.3 Å². The molecule has 2 aromatic heterocycles. The quantitative estimate of drug-likeness (QED) is 0.652. The Morgan fingerprint density at radius 1 is 1.16 bits per heavy atom. The van der Waals surface area contributed by atoms with Crippen LogP contribution in [0.3, 0.4) is 0 Å². The van der Waals surface area contributed by atoms with Crippen LogP contribution in [0.2, 0.25) is 0 Å². The second kappa shape index (κ2) is 5.45. The Morgan fingerprint density at radius 2 is 1.95 bits per heavy atom. The van der Waals surface area contributed by atoms with E-state index in [1.165, 1.54) is 10.4 Å². The highest BCUT2D eigenvalue weighted by molar-refractivity contribution is 9.11. The van der Waals surface area contributed by atoms with Gasteiger partial charge in [0.1, 0.15) is 0 Å². The van der Waals surface area contributed by atoms with E-state index >= 15 is 0 Å². The molecular formula is C14H11BrN2S2. The number of thiophene rings is 1. The van der Waals surface area contributed by atoms with Crippen LogP contribution in [0.15, 0.2) is 52.4 Å². The highest BCUT2D eigenvalue weighted by atomic mass is 79.9. The summed E-state index contributed by atoms with van der Waals surface area (Å²) in [4.78, 5) is 4.41. The summed E-state index contributed by atoms with van der Waals surface area (Å²) < 4.78 is 4.03. The summed E-state index contributed by atoms with van der Waals surface area (Å²) in [5.74, 6) is 0. The molecule has 3 aromatic rings. The number of hydrogen-bond acceptors (Lipinski definition) is 2. The Morgan fingerprint density at radius 3 is 2.63 bits per heavy atom. The standard InChI is InChI=1S/C14H11BrN2S2/c15-13-7-6-11(19-13)9-17-12(8-16-14(17)18)10-4-2-1-3-5-10/h1-8H,9H2,(H,16,18). The summed E-state index contributed by atoms with van der Waals surface area (Å²) in [6.45, 7) is 0.794. The van der Waals surface area contributed by atoms with Crippen LogP contribution in [-0.4, -0.2) is 9.55 Å². The van der Waals surface area contributed by atoms with Crippen LogP contribution in [-0.2, 0) is 6.54 Å². The molecule has 0 fully saturated rings. The average molecular weight is 351 g/mol. The SMILES string of the molecule is S=c1[nH]cc(-c2ccccc2)n1Cc1ccc(Br)s1. The van der Waals surface area contributed by atoms with E-state index in [0.29, 0.717) is 0 Å². The lowest BCUT2D eigenvalue weighted by atomic mass is 10.2. The number of imidazole rings is 1. The van der Waals surface area contributed by atoms with Crippen molar-refractivity contribution in [2.45, 2.75) is 6.54 Å². The van der Waals surface area contributed by atoms with Gasteiger partial charge in [-0.1, -0.05) is 30.3 Å². The number of aromatic nitrogens is 2. The Kier molecular flexibility index (Phi) is 3.68. The first-order valence-corrected chi connectivity index (χ1v) is 7.83. The average Bonchev–Trinajstić information content (AvgIpc) is 2.99. The highest BCUT2D eigenvalue weighted by Crippen LogP contribution is 2.25. The van der Waals surface area contributed by atoms with E-state index in [2.05, 4.69) is 49.7 Å². The largest absolute Gasteiger partial charge is 0.337 e. The molecule has 0 aliphatic carbocycles. The van der Waals surface area contributed by atoms with Crippen molar-refractivity contribution in [2.75, 3.05) is 0 Å². The molecule has 2 heterocycles. The van der Waals surface area contributed by atoms with Crippen molar-refractivity contribution >= 4 is 39.5 Å². The van der Waals surface area contributed by atoms with Gasteiger partial charge in [-0.25, -0.2) is 0 Å². The molecule has 0 spiro atoms. The molecule has 0 aliphatic heterocycles. The molecular weight excluding hydrogens is 340 g/mol. The molecule has 0 unspecified atom stereocenters. The van der Waals surface area contributed by atoms with Crippen LogP contribution in [0.1, 0.15) is 4.88 Å².